The van der Waals surface area contributed by atoms with Crippen molar-refractivity contribution in [2.45, 2.75) is 12.8 Å². The van der Waals surface area contributed by atoms with Crippen LogP contribution in [0.4, 0.5) is 16.2 Å². The molecular formula is C13H13N5O6. The standard InChI is InChI=1S/C13H13N5O6/c1-7(12(19)20)3-2-6-14-13(21)15-8-4-5-9(18(22)23)11-10(8)16-24-17-11/h4-5H,1-3,6H2,(H,19,20)(H2,14,15,21). The number of carbonyl (C=O) groups excluding carboxylic acids is 1. The molecule has 1 aromatic heterocycles. The van der Waals surface area contributed by atoms with Crippen LogP contribution in [-0.4, -0.2) is 38.9 Å². The Morgan fingerprint density at radius 2 is 2.04 bits per heavy atom. The molecule has 0 saturated carbocycles. The summed E-state index contributed by atoms with van der Waals surface area (Å²) in [7, 11) is 0. The van der Waals surface area contributed by atoms with E-state index in [-0.39, 0.29) is 40.9 Å². The highest BCUT2D eigenvalue weighted by atomic mass is 16.6. The number of amides is 2. The maximum atomic E-state index is 11.8. The van der Waals surface area contributed by atoms with Gasteiger partial charge < -0.3 is 15.7 Å². The first-order valence-corrected chi connectivity index (χ1v) is 6.75. The number of hydrogen-bond acceptors (Lipinski definition) is 7. The molecule has 0 aliphatic rings. The molecule has 2 amide bonds. The second-order valence-electron chi connectivity index (χ2n) is 4.74. The topological polar surface area (TPSA) is 160 Å². The van der Waals surface area contributed by atoms with Crippen LogP contribution < -0.4 is 10.6 Å². The summed E-state index contributed by atoms with van der Waals surface area (Å²) in [6.45, 7) is 3.61. The monoisotopic (exact) mass is 335 g/mol. The van der Waals surface area contributed by atoms with Crippen LogP contribution in [0.3, 0.4) is 0 Å². The summed E-state index contributed by atoms with van der Waals surface area (Å²) in [6.07, 6.45) is 0.643. The number of anilines is 1. The van der Waals surface area contributed by atoms with E-state index in [1.54, 1.807) is 0 Å². The van der Waals surface area contributed by atoms with Crippen LogP contribution in [0.5, 0.6) is 0 Å². The lowest BCUT2D eigenvalue weighted by Gasteiger charge is -2.07. The van der Waals surface area contributed by atoms with Crippen LogP contribution in [0.1, 0.15) is 12.8 Å². The van der Waals surface area contributed by atoms with Crippen LogP contribution in [0, 0.1) is 10.1 Å². The number of carboxylic acid groups (broad SMARTS) is 1. The molecule has 0 bridgehead atoms. The van der Waals surface area contributed by atoms with Gasteiger partial charge in [0.05, 0.1) is 10.6 Å². The fourth-order valence-electron chi connectivity index (χ4n) is 1.88. The largest absolute Gasteiger partial charge is 0.478 e. The van der Waals surface area contributed by atoms with Gasteiger partial charge in [0.25, 0.3) is 0 Å². The first-order chi connectivity index (χ1) is 11.4. The van der Waals surface area contributed by atoms with E-state index in [2.05, 4.69) is 32.2 Å². The fraction of sp³-hybridized carbons (Fsp3) is 0.231. The first-order valence-electron chi connectivity index (χ1n) is 6.75. The van der Waals surface area contributed by atoms with Gasteiger partial charge in [-0.05, 0) is 29.2 Å². The SMILES string of the molecule is C=C(CCCNC(=O)Nc1ccc([N+](=O)[O-])c2nonc12)C(=O)O. The van der Waals surface area contributed by atoms with E-state index >= 15 is 0 Å². The molecule has 0 atom stereocenters. The maximum Gasteiger partial charge on any atom is 0.330 e. The lowest BCUT2D eigenvalue weighted by Crippen LogP contribution is -2.29. The number of aliphatic carboxylic acids is 1. The Kier molecular flexibility index (Phi) is 5.04. The van der Waals surface area contributed by atoms with Crippen LogP contribution >= 0.6 is 0 Å². The Morgan fingerprint density at radius 3 is 2.71 bits per heavy atom. The van der Waals surface area contributed by atoms with Crippen LogP contribution in [-0.2, 0) is 4.79 Å². The van der Waals surface area contributed by atoms with E-state index in [4.69, 9.17) is 5.11 Å². The van der Waals surface area contributed by atoms with E-state index in [9.17, 15) is 19.7 Å². The predicted molar refractivity (Wildman–Crippen MR) is 81.5 cm³/mol. The molecular weight excluding hydrogens is 322 g/mol. The number of nitrogens with one attached hydrogen (secondary N) is 2. The van der Waals surface area contributed by atoms with Crippen molar-refractivity contribution < 1.29 is 24.2 Å². The van der Waals surface area contributed by atoms with E-state index in [1.807, 2.05) is 0 Å². The van der Waals surface area contributed by atoms with Crippen LogP contribution in [0.15, 0.2) is 28.9 Å². The Hall–Kier alpha value is -3.50. The first kappa shape index (κ1) is 16.9. The number of carboxylic acids is 1. The Bertz CT molecular complexity index is 814. The van der Waals surface area contributed by atoms with Crippen molar-refractivity contribution in [1.82, 2.24) is 15.6 Å². The second kappa shape index (κ2) is 7.17. The third-order valence-electron chi connectivity index (χ3n) is 3.08. The van der Waals surface area contributed by atoms with Crippen molar-refractivity contribution >= 4 is 34.4 Å². The third kappa shape index (κ3) is 3.82. The quantitative estimate of drug-likeness (QED) is 0.298. The number of carbonyl (C=O) groups is 2. The van der Waals surface area contributed by atoms with E-state index < -0.39 is 16.9 Å². The number of non-ortho nitro benzene ring substituents is 1. The van der Waals surface area contributed by atoms with Gasteiger partial charge in [-0.1, -0.05) is 6.58 Å². The summed E-state index contributed by atoms with van der Waals surface area (Å²) >= 11 is 0. The molecule has 3 N–H and O–H groups in total. The zero-order valence-corrected chi connectivity index (χ0v) is 12.3. The molecule has 0 spiro atoms. The van der Waals surface area contributed by atoms with Gasteiger partial charge in [0.15, 0.2) is 5.52 Å². The molecule has 0 aliphatic carbocycles. The fourth-order valence-corrected chi connectivity index (χ4v) is 1.88. The van der Waals surface area contributed by atoms with Crippen molar-refractivity contribution in [3.05, 3.63) is 34.4 Å². The molecule has 0 unspecified atom stereocenters. The van der Waals surface area contributed by atoms with Crippen LogP contribution in [0.25, 0.3) is 11.0 Å². The Morgan fingerprint density at radius 1 is 1.33 bits per heavy atom. The number of nitro benzene ring substituents is 1. The van der Waals surface area contributed by atoms with Crippen molar-refractivity contribution in [2.75, 3.05) is 11.9 Å². The van der Waals surface area contributed by atoms with Crippen molar-refractivity contribution in [1.29, 1.82) is 0 Å². The molecule has 11 heteroatoms. The number of nitrogens with zero attached hydrogens (tertiary/aromatic N) is 3. The molecule has 126 valence electrons. The predicted octanol–water partition coefficient (Wildman–Crippen LogP) is 1.67. The lowest BCUT2D eigenvalue weighted by molar-refractivity contribution is -0.383. The average molecular weight is 335 g/mol. The summed E-state index contributed by atoms with van der Waals surface area (Å²) in [6, 6.07) is 1.92. The molecule has 2 rings (SSSR count). The zero-order chi connectivity index (χ0) is 17.7. The van der Waals surface area contributed by atoms with Crippen LogP contribution in [0.2, 0.25) is 0 Å². The molecule has 2 aromatic rings. The van der Waals surface area contributed by atoms with Gasteiger partial charge in [-0.25, -0.2) is 14.2 Å². The van der Waals surface area contributed by atoms with E-state index in [0.29, 0.717) is 6.42 Å². The summed E-state index contributed by atoms with van der Waals surface area (Å²) in [5.41, 5.74) is -0.0502. The van der Waals surface area contributed by atoms with Gasteiger partial charge >= 0.3 is 17.7 Å². The van der Waals surface area contributed by atoms with Gasteiger partial charge in [-0.3, -0.25) is 10.1 Å². The number of urea groups is 1. The number of aromatic nitrogens is 2. The number of hydrogen-bond donors (Lipinski definition) is 3. The van der Waals surface area contributed by atoms with Crippen molar-refractivity contribution in [3.63, 3.8) is 0 Å². The number of rotatable bonds is 7. The molecule has 0 fully saturated rings. The van der Waals surface area contributed by atoms with Gasteiger partial charge in [0.2, 0.25) is 5.52 Å². The van der Waals surface area contributed by atoms with Gasteiger partial charge in [0, 0.05) is 18.2 Å². The number of benzene rings is 1. The molecule has 1 aromatic carbocycles. The minimum atomic E-state index is -1.08. The molecule has 0 aliphatic heterocycles. The average Bonchev–Trinajstić information content (AvgIpc) is 3.01. The normalized spacial score (nSPS) is 10.3. The number of fused-ring (bicyclic) bond motifs is 1. The number of nitro groups is 1. The Labute approximate surface area is 134 Å². The molecule has 11 nitrogen and oxygen atoms in total. The maximum absolute atomic E-state index is 11.8. The van der Waals surface area contributed by atoms with E-state index in [1.165, 1.54) is 12.1 Å². The zero-order valence-electron chi connectivity index (χ0n) is 12.3. The second-order valence-corrected chi connectivity index (χ2v) is 4.74. The molecule has 24 heavy (non-hydrogen) atoms. The minimum absolute atomic E-state index is 0.0543. The summed E-state index contributed by atoms with van der Waals surface area (Å²) in [5, 5.41) is 31.5. The highest BCUT2D eigenvalue weighted by Crippen LogP contribution is 2.28. The van der Waals surface area contributed by atoms with Gasteiger partial charge in [0.1, 0.15) is 0 Å². The van der Waals surface area contributed by atoms with Crippen molar-refractivity contribution in [2.24, 2.45) is 0 Å². The summed E-state index contributed by atoms with van der Waals surface area (Å²) in [5.74, 6) is -1.08. The third-order valence-corrected chi connectivity index (χ3v) is 3.08. The summed E-state index contributed by atoms with van der Waals surface area (Å²) < 4.78 is 4.48. The highest BCUT2D eigenvalue weighted by Gasteiger charge is 2.20. The molecule has 0 radical (unpaired) electrons. The summed E-state index contributed by atoms with van der Waals surface area (Å²) in [4.78, 5) is 32.6. The van der Waals surface area contributed by atoms with E-state index in [0.717, 1.165) is 0 Å². The minimum Gasteiger partial charge on any atom is -0.478 e. The Balaban J connectivity index is 1.95. The van der Waals surface area contributed by atoms with Crippen molar-refractivity contribution in [3.8, 4) is 0 Å². The molecule has 0 saturated heterocycles. The molecule has 1 heterocycles. The van der Waals surface area contributed by atoms with Gasteiger partial charge in [-0.15, -0.1) is 0 Å². The lowest BCUT2D eigenvalue weighted by atomic mass is 10.2. The smallest absolute Gasteiger partial charge is 0.330 e. The van der Waals surface area contributed by atoms with Gasteiger partial charge in [-0.2, -0.15) is 0 Å². The highest BCUT2D eigenvalue weighted by molar-refractivity contribution is 6.00.